The van der Waals surface area contributed by atoms with Gasteiger partial charge >= 0.3 is 0 Å². The number of aromatic nitrogens is 2. The molecule has 0 aliphatic heterocycles. The van der Waals surface area contributed by atoms with Crippen LogP contribution in [-0.2, 0) is 13.5 Å². The molecule has 1 N–H and O–H groups in total. The largest absolute Gasteiger partial charge is 0.338 e. The first-order valence-electron chi connectivity index (χ1n) is 6.49. The van der Waals surface area contributed by atoms with E-state index in [4.69, 9.17) is 0 Å². The minimum absolute atomic E-state index is 0.716. The zero-order chi connectivity index (χ0) is 11.4. The standard InChI is InChI=1S/C13H23N3/c1-3-12(10-11-4-5-11)14-7-6-13-15-8-9-16(13)2/h8-9,11-12,14H,3-7,10H2,1-2H3. The number of hydrogen-bond acceptors (Lipinski definition) is 2. The Labute approximate surface area is 98.3 Å². The number of nitrogens with one attached hydrogen (secondary N) is 1. The highest BCUT2D eigenvalue weighted by atomic mass is 15.0. The topological polar surface area (TPSA) is 29.9 Å². The summed E-state index contributed by atoms with van der Waals surface area (Å²) in [5.41, 5.74) is 0. The number of imidazole rings is 1. The van der Waals surface area contributed by atoms with Crippen molar-refractivity contribution < 1.29 is 0 Å². The number of rotatable bonds is 7. The van der Waals surface area contributed by atoms with Crippen molar-refractivity contribution in [2.45, 2.75) is 45.1 Å². The summed E-state index contributed by atoms with van der Waals surface area (Å²) in [4.78, 5) is 4.33. The summed E-state index contributed by atoms with van der Waals surface area (Å²) >= 11 is 0. The van der Waals surface area contributed by atoms with Crippen LogP contribution in [0.3, 0.4) is 0 Å². The molecule has 0 aromatic carbocycles. The Morgan fingerprint density at radius 2 is 2.38 bits per heavy atom. The molecule has 1 fully saturated rings. The van der Waals surface area contributed by atoms with E-state index in [0.717, 1.165) is 18.9 Å². The van der Waals surface area contributed by atoms with Crippen molar-refractivity contribution in [2.24, 2.45) is 13.0 Å². The quantitative estimate of drug-likeness (QED) is 0.764. The fourth-order valence-corrected chi connectivity index (χ4v) is 2.18. The van der Waals surface area contributed by atoms with Crippen LogP contribution in [0.15, 0.2) is 12.4 Å². The number of nitrogens with zero attached hydrogens (tertiary/aromatic N) is 2. The zero-order valence-corrected chi connectivity index (χ0v) is 10.4. The predicted molar refractivity (Wildman–Crippen MR) is 66.3 cm³/mol. The van der Waals surface area contributed by atoms with Gasteiger partial charge in [-0.2, -0.15) is 0 Å². The molecule has 0 radical (unpaired) electrons. The molecule has 2 rings (SSSR count). The fourth-order valence-electron chi connectivity index (χ4n) is 2.18. The molecule has 3 nitrogen and oxygen atoms in total. The first-order valence-corrected chi connectivity index (χ1v) is 6.49. The molecule has 0 amide bonds. The van der Waals surface area contributed by atoms with Gasteiger partial charge in [-0.3, -0.25) is 0 Å². The van der Waals surface area contributed by atoms with Gasteiger partial charge in [-0.15, -0.1) is 0 Å². The molecule has 90 valence electrons. The van der Waals surface area contributed by atoms with Crippen LogP contribution in [0.5, 0.6) is 0 Å². The lowest BCUT2D eigenvalue weighted by atomic mass is 10.1. The number of hydrogen-bond donors (Lipinski definition) is 1. The maximum absolute atomic E-state index is 4.33. The van der Waals surface area contributed by atoms with Gasteiger partial charge < -0.3 is 9.88 Å². The second kappa shape index (κ2) is 5.48. The monoisotopic (exact) mass is 221 g/mol. The van der Waals surface area contributed by atoms with Gasteiger partial charge in [0.1, 0.15) is 5.82 Å². The Hall–Kier alpha value is -0.830. The van der Waals surface area contributed by atoms with Crippen LogP contribution < -0.4 is 5.32 Å². The smallest absolute Gasteiger partial charge is 0.109 e. The molecule has 1 aliphatic carbocycles. The summed E-state index contributed by atoms with van der Waals surface area (Å²) in [5.74, 6) is 2.19. The van der Waals surface area contributed by atoms with Gasteiger partial charge in [0, 0.05) is 38.4 Å². The Kier molecular flexibility index (Phi) is 3.99. The van der Waals surface area contributed by atoms with Crippen LogP contribution in [0.1, 0.15) is 38.4 Å². The summed E-state index contributed by atoms with van der Waals surface area (Å²) in [6.45, 7) is 3.33. The Morgan fingerprint density at radius 1 is 1.56 bits per heavy atom. The maximum atomic E-state index is 4.33. The normalized spacial score (nSPS) is 17.6. The van der Waals surface area contributed by atoms with Gasteiger partial charge in [0.25, 0.3) is 0 Å². The average Bonchev–Trinajstić information content (AvgIpc) is 3.01. The van der Waals surface area contributed by atoms with Gasteiger partial charge in [-0.1, -0.05) is 19.8 Å². The minimum Gasteiger partial charge on any atom is -0.338 e. The van der Waals surface area contributed by atoms with E-state index >= 15 is 0 Å². The summed E-state index contributed by atoms with van der Waals surface area (Å²) in [7, 11) is 2.06. The van der Waals surface area contributed by atoms with E-state index in [9.17, 15) is 0 Å². The third-order valence-electron chi connectivity index (χ3n) is 3.51. The Morgan fingerprint density at radius 3 is 2.94 bits per heavy atom. The summed E-state index contributed by atoms with van der Waals surface area (Å²) in [6, 6.07) is 0.716. The van der Waals surface area contributed by atoms with Gasteiger partial charge in [-0.25, -0.2) is 4.98 Å². The molecular formula is C13H23N3. The molecule has 16 heavy (non-hydrogen) atoms. The highest BCUT2D eigenvalue weighted by Gasteiger charge is 2.24. The summed E-state index contributed by atoms with van der Waals surface area (Å²) in [6.07, 6.45) is 10.4. The van der Waals surface area contributed by atoms with Crippen LogP contribution in [0.4, 0.5) is 0 Å². The lowest BCUT2D eigenvalue weighted by Crippen LogP contribution is -2.31. The van der Waals surface area contributed by atoms with Crippen LogP contribution in [0.25, 0.3) is 0 Å². The van der Waals surface area contributed by atoms with E-state index in [1.165, 1.54) is 31.5 Å². The van der Waals surface area contributed by atoms with Gasteiger partial charge in [0.05, 0.1) is 0 Å². The summed E-state index contributed by atoms with van der Waals surface area (Å²) < 4.78 is 2.10. The number of aryl methyl sites for hydroxylation is 1. The molecule has 1 aromatic rings. The summed E-state index contributed by atoms with van der Waals surface area (Å²) in [5, 5.41) is 3.65. The first-order chi connectivity index (χ1) is 7.79. The highest BCUT2D eigenvalue weighted by Crippen LogP contribution is 2.33. The molecule has 1 saturated carbocycles. The van der Waals surface area contributed by atoms with Gasteiger partial charge in [0.15, 0.2) is 0 Å². The van der Waals surface area contributed by atoms with Gasteiger partial charge in [-0.05, 0) is 18.8 Å². The van der Waals surface area contributed by atoms with Crippen molar-refractivity contribution in [3.8, 4) is 0 Å². The molecule has 1 aromatic heterocycles. The second-order valence-corrected chi connectivity index (χ2v) is 4.94. The molecule has 1 heterocycles. The lowest BCUT2D eigenvalue weighted by molar-refractivity contribution is 0.445. The molecule has 1 atom stereocenters. The van der Waals surface area contributed by atoms with Crippen LogP contribution in [0, 0.1) is 5.92 Å². The second-order valence-electron chi connectivity index (χ2n) is 4.94. The van der Waals surface area contributed by atoms with E-state index in [1.807, 2.05) is 12.4 Å². The van der Waals surface area contributed by atoms with Crippen molar-refractivity contribution in [2.75, 3.05) is 6.54 Å². The molecule has 1 unspecified atom stereocenters. The lowest BCUT2D eigenvalue weighted by Gasteiger charge is -2.16. The minimum atomic E-state index is 0.716. The molecule has 0 bridgehead atoms. The van der Waals surface area contributed by atoms with Crippen molar-refractivity contribution >= 4 is 0 Å². The molecule has 3 heteroatoms. The van der Waals surface area contributed by atoms with Crippen molar-refractivity contribution in [3.05, 3.63) is 18.2 Å². The first kappa shape index (κ1) is 11.6. The highest BCUT2D eigenvalue weighted by molar-refractivity contribution is 4.92. The van der Waals surface area contributed by atoms with E-state index in [2.05, 4.69) is 28.8 Å². The van der Waals surface area contributed by atoms with E-state index in [-0.39, 0.29) is 0 Å². The van der Waals surface area contributed by atoms with Crippen molar-refractivity contribution in [3.63, 3.8) is 0 Å². The average molecular weight is 221 g/mol. The fraction of sp³-hybridized carbons (Fsp3) is 0.769. The van der Waals surface area contributed by atoms with Crippen molar-refractivity contribution in [1.29, 1.82) is 0 Å². The SMILES string of the molecule is CCC(CC1CC1)NCCc1nccn1C. The van der Waals surface area contributed by atoms with Crippen LogP contribution in [-0.4, -0.2) is 22.1 Å². The predicted octanol–water partition coefficient (Wildman–Crippen LogP) is 2.13. The van der Waals surface area contributed by atoms with Crippen LogP contribution >= 0.6 is 0 Å². The molecule has 1 aliphatic rings. The van der Waals surface area contributed by atoms with Gasteiger partial charge in [0.2, 0.25) is 0 Å². The van der Waals surface area contributed by atoms with Crippen LogP contribution in [0.2, 0.25) is 0 Å². The molecule has 0 saturated heterocycles. The molecular weight excluding hydrogens is 198 g/mol. The Balaban J connectivity index is 1.67. The van der Waals surface area contributed by atoms with E-state index in [1.54, 1.807) is 0 Å². The Bertz CT molecular complexity index is 315. The van der Waals surface area contributed by atoms with E-state index in [0.29, 0.717) is 6.04 Å². The van der Waals surface area contributed by atoms with Crippen molar-refractivity contribution in [1.82, 2.24) is 14.9 Å². The third kappa shape index (κ3) is 3.34. The zero-order valence-electron chi connectivity index (χ0n) is 10.4. The molecule has 0 spiro atoms. The maximum Gasteiger partial charge on any atom is 0.109 e. The van der Waals surface area contributed by atoms with E-state index < -0.39 is 0 Å². The third-order valence-corrected chi connectivity index (χ3v) is 3.51.